The van der Waals surface area contributed by atoms with Gasteiger partial charge in [-0.1, -0.05) is 12.1 Å². The topological polar surface area (TPSA) is 109 Å². The van der Waals surface area contributed by atoms with E-state index in [-0.39, 0.29) is 60.6 Å². The molecule has 2 heterocycles. The van der Waals surface area contributed by atoms with E-state index in [1.165, 1.54) is 12.1 Å². The number of carbonyl (C=O) groups is 2. The Hall–Kier alpha value is -2.89. The van der Waals surface area contributed by atoms with Crippen molar-refractivity contribution in [2.45, 2.75) is 45.8 Å². The largest absolute Gasteiger partial charge is 0.481 e. The van der Waals surface area contributed by atoms with Gasteiger partial charge < -0.3 is 9.64 Å². The van der Waals surface area contributed by atoms with Gasteiger partial charge in [0.2, 0.25) is 10.0 Å². The Kier molecular flexibility index (Phi) is 9.15. The average molecular weight is 521 g/mol. The number of nitrogens with zero attached hydrogens (tertiary/aromatic N) is 3. The lowest BCUT2D eigenvalue weighted by molar-refractivity contribution is -0.139. The molecule has 0 spiro atoms. The monoisotopic (exact) mass is 520 g/mol. The number of sulfonamides is 1. The first-order valence-electron chi connectivity index (χ1n) is 11.8. The highest BCUT2D eigenvalue weighted by atomic mass is 32.2. The molecule has 1 aromatic heterocycles. The molecule has 36 heavy (non-hydrogen) atoms. The van der Waals surface area contributed by atoms with Gasteiger partial charge in [0.05, 0.1) is 6.26 Å². The summed E-state index contributed by atoms with van der Waals surface area (Å²) in [5, 5.41) is 0. The van der Waals surface area contributed by atoms with Crippen LogP contribution in [0.3, 0.4) is 0 Å². The molecule has 2 atom stereocenters. The number of ether oxygens (including phenoxy) is 1. The molecule has 1 fully saturated rings. The predicted molar refractivity (Wildman–Crippen MR) is 134 cm³/mol. The second-order valence-corrected chi connectivity index (χ2v) is 11.1. The van der Waals surface area contributed by atoms with Crippen LogP contribution in [0.15, 0.2) is 36.4 Å². The van der Waals surface area contributed by atoms with Crippen molar-refractivity contribution >= 4 is 21.7 Å². The first kappa shape index (κ1) is 27.7. The average Bonchev–Trinajstić information content (AvgIpc) is 2.80. The number of hydrogen-bond donors (Lipinski definition) is 1. The van der Waals surface area contributed by atoms with E-state index in [0.29, 0.717) is 25.3 Å². The lowest BCUT2D eigenvalue weighted by Crippen LogP contribution is -2.58. The van der Waals surface area contributed by atoms with Crippen LogP contribution in [0, 0.1) is 12.7 Å². The summed E-state index contributed by atoms with van der Waals surface area (Å²) in [6.07, 6.45) is 0.936. The third kappa shape index (κ3) is 7.81. The number of aromatic nitrogens is 1. The molecule has 1 aromatic carbocycles. The fourth-order valence-corrected chi connectivity index (χ4v) is 4.61. The number of hydrogen-bond acceptors (Lipinski definition) is 7. The Labute approximate surface area is 211 Å². The highest BCUT2D eigenvalue weighted by Gasteiger charge is 2.32. The molecule has 0 bridgehead atoms. The summed E-state index contributed by atoms with van der Waals surface area (Å²) in [5.41, 5.74) is 1.69. The predicted octanol–water partition coefficient (Wildman–Crippen LogP) is 2.15. The van der Waals surface area contributed by atoms with Crippen molar-refractivity contribution in [1.29, 1.82) is 0 Å². The molecule has 3 rings (SSSR count). The van der Waals surface area contributed by atoms with Crippen LogP contribution < -0.4 is 9.46 Å². The number of ketones is 1. The lowest BCUT2D eigenvalue weighted by atomic mass is 10.1. The van der Waals surface area contributed by atoms with E-state index < -0.39 is 10.0 Å². The molecule has 9 nitrogen and oxygen atoms in total. The SMILES string of the molecule is Cc1ccc(OCC(=O)N2CC(C)N(Cc3ccc(F)cc3)CC2C)c(C(=O)CCNS(C)(=O)=O)n1. The second kappa shape index (κ2) is 11.9. The molecule has 196 valence electrons. The highest BCUT2D eigenvalue weighted by molar-refractivity contribution is 7.88. The molecule has 2 unspecified atom stereocenters. The van der Waals surface area contributed by atoms with E-state index in [9.17, 15) is 22.4 Å². The smallest absolute Gasteiger partial charge is 0.260 e. The molecule has 2 aromatic rings. The highest BCUT2D eigenvalue weighted by Crippen LogP contribution is 2.21. The Morgan fingerprint density at radius 1 is 1.11 bits per heavy atom. The summed E-state index contributed by atoms with van der Waals surface area (Å²) in [7, 11) is -3.41. The van der Waals surface area contributed by atoms with E-state index in [1.54, 1.807) is 36.1 Å². The van der Waals surface area contributed by atoms with E-state index in [2.05, 4.69) is 14.6 Å². The Balaban J connectivity index is 1.59. The van der Waals surface area contributed by atoms with Crippen molar-refractivity contribution < 1.29 is 27.1 Å². The number of nitrogens with one attached hydrogen (secondary N) is 1. The molecular weight excluding hydrogens is 487 g/mol. The number of benzene rings is 1. The number of piperazine rings is 1. The quantitative estimate of drug-likeness (QED) is 0.478. The molecule has 0 saturated carbocycles. The molecule has 1 saturated heterocycles. The van der Waals surface area contributed by atoms with Crippen LogP contribution in [0.1, 0.15) is 42.0 Å². The maximum absolute atomic E-state index is 13.2. The third-order valence-electron chi connectivity index (χ3n) is 6.06. The molecule has 1 aliphatic heterocycles. The second-order valence-electron chi connectivity index (χ2n) is 9.23. The number of amides is 1. The van der Waals surface area contributed by atoms with Crippen LogP contribution in [0.5, 0.6) is 5.75 Å². The van der Waals surface area contributed by atoms with Gasteiger partial charge in [0, 0.05) is 50.4 Å². The van der Waals surface area contributed by atoms with Crippen molar-refractivity contribution in [1.82, 2.24) is 19.5 Å². The van der Waals surface area contributed by atoms with Gasteiger partial charge in [-0.3, -0.25) is 14.5 Å². The molecule has 0 aliphatic carbocycles. The standard InChI is InChI=1S/C25H33FN4O5S/c1-17-5-10-23(25(28-17)22(31)11-12-27-36(4,33)34)35-16-24(32)30-14-18(2)29(13-19(30)3)15-20-6-8-21(26)9-7-20/h5-10,18-19,27H,11-16H2,1-4H3. The first-order chi connectivity index (χ1) is 16.9. The van der Waals surface area contributed by atoms with E-state index in [4.69, 9.17) is 4.74 Å². The van der Waals surface area contributed by atoms with Gasteiger partial charge in [-0.2, -0.15) is 0 Å². The molecular formula is C25H33FN4O5S. The van der Waals surface area contributed by atoms with Crippen LogP contribution in [0.2, 0.25) is 0 Å². The van der Waals surface area contributed by atoms with E-state index in [0.717, 1.165) is 11.8 Å². The number of Topliss-reactive ketones (excluding diaryl/α,β-unsaturated/α-hetero) is 1. The van der Waals surface area contributed by atoms with Crippen LogP contribution in [0.25, 0.3) is 0 Å². The summed E-state index contributed by atoms with van der Waals surface area (Å²) < 4.78 is 43.7. The summed E-state index contributed by atoms with van der Waals surface area (Å²) in [4.78, 5) is 34.0. The van der Waals surface area contributed by atoms with Gasteiger partial charge in [0.25, 0.3) is 5.91 Å². The molecule has 1 aliphatic rings. The van der Waals surface area contributed by atoms with Gasteiger partial charge in [0.1, 0.15) is 17.3 Å². The summed E-state index contributed by atoms with van der Waals surface area (Å²) >= 11 is 0. The van der Waals surface area contributed by atoms with E-state index in [1.807, 2.05) is 13.8 Å². The third-order valence-corrected chi connectivity index (χ3v) is 6.79. The minimum Gasteiger partial charge on any atom is -0.481 e. The number of halogens is 1. The molecule has 11 heteroatoms. The fraction of sp³-hybridized carbons (Fsp3) is 0.480. The lowest BCUT2D eigenvalue weighted by Gasteiger charge is -2.44. The zero-order valence-corrected chi connectivity index (χ0v) is 21.8. The van der Waals surface area contributed by atoms with Crippen molar-refractivity contribution in [2.75, 3.05) is 32.5 Å². The van der Waals surface area contributed by atoms with Gasteiger partial charge >= 0.3 is 0 Å². The van der Waals surface area contributed by atoms with Crippen LogP contribution in [-0.4, -0.2) is 79.5 Å². The maximum atomic E-state index is 13.2. The number of rotatable bonds is 10. The van der Waals surface area contributed by atoms with Gasteiger partial charge in [-0.05, 0) is 50.6 Å². The first-order valence-corrected chi connectivity index (χ1v) is 13.7. The molecule has 1 N–H and O–H groups in total. The van der Waals surface area contributed by atoms with Crippen LogP contribution >= 0.6 is 0 Å². The summed E-state index contributed by atoms with van der Waals surface area (Å²) in [6.45, 7) is 7.28. The van der Waals surface area contributed by atoms with Crippen LogP contribution in [0.4, 0.5) is 4.39 Å². The maximum Gasteiger partial charge on any atom is 0.260 e. The normalized spacial score (nSPS) is 18.8. The van der Waals surface area contributed by atoms with Crippen molar-refractivity contribution in [2.24, 2.45) is 0 Å². The summed E-state index contributed by atoms with van der Waals surface area (Å²) in [6, 6.07) is 9.74. The fourth-order valence-electron chi connectivity index (χ4n) is 4.14. The molecule has 1 amide bonds. The minimum absolute atomic E-state index is 0.0523. The Morgan fingerprint density at radius 3 is 2.47 bits per heavy atom. The summed E-state index contributed by atoms with van der Waals surface area (Å²) in [5.74, 6) is -0.661. The zero-order chi connectivity index (χ0) is 26.5. The van der Waals surface area contributed by atoms with Gasteiger partial charge in [0.15, 0.2) is 12.4 Å². The molecule has 0 radical (unpaired) electrons. The minimum atomic E-state index is -3.41. The number of aryl methyl sites for hydroxylation is 1. The Morgan fingerprint density at radius 2 is 1.81 bits per heavy atom. The zero-order valence-electron chi connectivity index (χ0n) is 21.0. The van der Waals surface area contributed by atoms with Crippen molar-refractivity contribution in [3.05, 3.63) is 59.2 Å². The van der Waals surface area contributed by atoms with E-state index >= 15 is 0 Å². The van der Waals surface area contributed by atoms with Gasteiger partial charge in [-0.25, -0.2) is 22.5 Å². The number of carbonyl (C=O) groups excluding carboxylic acids is 2. The Bertz CT molecular complexity index is 1190. The van der Waals surface area contributed by atoms with Crippen LogP contribution in [-0.2, 0) is 21.4 Å². The van der Waals surface area contributed by atoms with Crippen molar-refractivity contribution in [3.8, 4) is 5.75 Å². The number of pyridine rings is 1. The van der Waals surface area contributed by atoms with Crippen molar-refractivity contribution in [3.63, 3.8) is 0 Å². The van der Waals surface area contributed by atoms with Gasteiger partial charge in [-0.15, -0.1) is 0 Å².